The van der Waals surface area contributed by atoms with Crippen LogP contribution in [0.4, 0.5) is 0 Å². The van der Waals surface area contributed by atoms with E-state index in [9.17, 15) is 4.79 Å². The predicted molar refractivity (Wildman–Crippen MR) is 101 cm³/mol. The van der Waals surface area contributed by atoms with Crippen LogP contribution in [0.3, 0.4) is 0 Å². The van der Waals surface area contributed by atoms with Crippen LogP contribution < -0.4 is 10.1 Å². The largest absolute Gasteiger partial charge is 0.484 e. The van der Waals surface area contributed by atoms with Crippen LogP contribution in [-0.2, 0) is 20.2 Å². The van der Waals surface area contributed by atoms with E-state index in [2.05, 4.69) is 26.3 Å². The van der Waals surface area contributed by atoms with Crippen LogP contribution in [0.15, 0.2) is 45.4 Å². The zero-order valence-corrected chi connectivity index (χ0v) is 16.6. The Bertz CT molecular complexity index is 896. The maximum atomic E-state index is 12.2. The first-order chi connectivity index (χ1) is 12.5. The van der Waals surface area contributed by atoms with E-state index >= 15 is 0 Å². The fourth-order valence-electron chi connectivity index (χ4n) is 2.41. The fraction of sp³-hybridized carbons (Fsp3) is 0.222. The number of rotatable bonds is 6. The van der Waals surface area contributed by atoms with Gasteiger partial charge in [-0.05, 0) is 46.6 Å². The van der Waals surface area contributed by atoms with E-state index in [0.717, 1.165) is 15.7 Å². The minimum atomic E-state index is -0.307. The number of halogens is 2. The Morgan fingerprint density at radius 2 is 2.19 bits per heavy atom. The molecular weight excluding hydrogens is 422 g/mol. The number of benzene rings is 1. The summed E-state index contributed by atoms with van der Waals surface area (Å²) in [4.78, 5) is 12.2. The van der Waals surface area contributed by atoms with Crippen LogP contribution in [-0.4, -0.2) is 15.7 Å². The molecule has 0 bridgehead atoms. The molecule has 2 aromatic heterocycles. The second kappa shape index (κ2) is 7.97. The highest BCUT2D eigenvalue weighted by Gasteiger charge is 2.14. The molecule has 26 heavy (non-hydrogen) atoms. The summed E-state index contributed by atoms with van der Waals surface area (Å²) in [6.07, 6.45) is 1.68. The van der Waals surface area contributed by atoms with Crippen LogP contribution in [0.5, 0.6) is 5.75 Å². The molecule has 3 rings (SSSR count). The van der Waals surface area contributed by atoms with E-state index < -0.39 is 0 Å². The van der Waals surface area contributed by atoms with Crippen molar-refractivity contribution in [3.8, 4) is 5.75 Å². The average molecular weight is 439 g/mol. The van der Waals surface area contributed by atoms with Crippen LogP contribution >= 0.6 is 27.5 Å². The second-order valence-electron chi connectivity index (χ2n) is 5.69. The molecule has 0 fully saturated rings. The number of ether oxygens (including phenoxy) is 1. The summed E-state index contributed by atoms with van der Waals surface area (Å²) in [6.45, 7) is 2.44. The van der Waals surface area contributed by atoms with E-state index in [4.69, 9.17) is 20.8 Å². The Hall–Kier alpha value is -2.25. The number of aromatic nitrogens is 2. The third kappa shape index (κ3) is 4.11. The Morgan fingerprint density at radius 1 is 1.38 bits per heavy atom. The van der Waals surface area contributed by atoms with Crippen molar-refractivity contribution < 1.29 is 13.9 Å². The van der Waals surface area contributed by atoms with Crippen LogP contribution in [0, 0.1) is 6.92 Å². The Morgan fingerprint density at radius 3 is 2.88 bits per heavy atom. The first-order valence-corrected chi connectivity index (χ1v) is 9.04. The van der Waals surface area contributed by atoms with Gasteiger partial charge in [0.1, 0.15) is 18.1 Å². The molecule has 2 heterocycles. The summed E-state index contributed by atoms with van der Waals surface area (Å²) >= 11 is 9.53. The van der Waals surface area contributed by atoms with Crippen LogP contribution in [0.1, 0.15) is 27.6 Å². The summed E-state index contributed by atoms with van der Waals surface area (Å²) in [5.74, 6) is 1.06. The average Bonchev–Trinajstić information content (AvgIpc) is 3.20. The van der Waals surface area contributed by atoms with Crippen molar-refractivity contribution in [1.29, 1.82) is 0 Å². The van der Waals surface area contributed by atoms with Crippen molar-refractivity contribution in [2.24, 2.45) is 7.05 Å². The van der Waals surface area contributed by atoms with E-state index in [1.165, 1.54) is 0 Å². The summed E-state index contributed by atoms with van der Waals surface area (Å²) in [6, 6.07) is 8.87. The lowest BCUT2D eigenvalue weighted by Gasteiger charge is -2.09. The quantitative estimate of drug-likeness (QED) is 0.625. The molecule has 0 unspecified atom stereocenters. The Kier molecular flexibility index (Phi) is 5.68. The van der Waals surface area contributed by atoms with E-state index in [-0.39, 0.29) is 18.3 Å². The van der Waals surface area contributed by atoms with Crippen molar-refractivity contribution in [1.82, 2.24) is 15.1 Å². The number of aryl methyl sites for hydroxylation is 2. The number of furan rings is 1. The molecule has 1 aromatic carbocycles. The lowest BCUT2D eigenvalue weighted by molar-refractivity contribution is 0.0918. The number of nitrogens with one attached hydrogen (secondary N) is 1. The number of carbonyl (C=O) groups is 1. The van der Waals surface area contributed by atoms with Gasteiger partial charge in [-0.1, -0.05) is 23.7 Å². The van der Waals surface area contributed by atoms with Crippen molar-refractivity contribution in [3.63, 3.8) is 0 Å². The molecular formula is C18H17BrClN3O3. The molecule has 0 aliphatic rings. The molecule has 0 atom stereocenters. The number of nitrogens with zero attached hydrogens (tertiary/aromatic N) is 2. The number of hydrogen-bond donors (Lipinski definition) is 1. The maximum Gasteiger partial charge on any atom is 0.287 e. The molecule has 0 aliphatic heterocycles. The molecule has 0 saturated carbocycles. The standard InChI is InChI=1S/C18H17BrClN3O3/c1-11-4-3-5-14(20)17(11)25-10-12-6-7-16(26-12)18(24)21-9-15-13(19)8-22-23(15)2/h3-8H,9-10H2,1-2H3,(H,21,24). The summed E-state index contributed by atoms with van der Waals surface area (Å²) < 4.78 is 13.8. The van der Waals surface area contributed by atoms with Gasteiger partial charge in [0.15, 0.2) is 5.76 Å². The number of amides is 1. The van der Waals surface area contributed by atoms with E-state index in [1.807, 2.05) is 26.1 Å². The highest BCUT2D eigenvalue weighted by Crippen LogP contribution is 2.28. The summed E-state index contributed by atoms with van der Waals surface area (Å²) in [7, 11) is 1.81. The monoisotopic (exact) mass is 437 g/mol. The fourth-order valence-corrected chi connectivity index (χ4v) is 3.17. The first-order valence-electron chi connectivity index (χ1n) is 7.87. The van der Waals surface area contributed by atoms with Gasteiger partial charge in [0.2, 0.25) is 0 Å². The van der Waals surface area contributed by atoms with Crippen LogP contribution in [0.25, 0.3) is 0 Å². The summed E-state index contributed by atoms with van der Waals surface area (Å²) in [5, 5.41) is 7.45. The zero-order chi connectivity index (χ0) is 18.7. The van der Waals surface area contributed by atoms with Gasteiger partial charge >= 0.3 is 0 Å². The van der Waals surface area contributed by atoms with Gasteiger partial charge in [-0.3, -0.25) is 9.48 Å². The van der Waals surface area contributed by atoms with Gasteiger partial charge in [0.05, 0.1) is 27.9 Å². The van der Waals surface area contributed by atoms with Gasteiger partial charge in [-0.25, -0.2) is 0 Å². The highest BCUT2D eigenvalue weighted by atomic mass is 79.9. The van der Waals surface area contributed by atoms with Crippen molar-refractivity contribution in [2.75, 3.05) is 0 Å². The molecule has 1 amide bonds. The highest BCUT2D eigenvalue weighted by molar-refractivity contribution is 9.10. The van der Waals surface area contributed by atoms with Gasteiger partial charge in [0.25, 0.3) is 5.91 Å². The third-order valence-corrected chi connectivity index (χ3v) is 4.80. The Balaban J connectivity index is 1.60. The topological polar surface area (TPSA) is 69.3 Å². The normalized spacial score (nSPS) is 10.8. The molecule has 8 heteroatoms. The van der Waals surface area contributed by atoms with Gasteiger partial charge < -0.3 is 14.5 Å². The molecule has 0 saturated heterocycles. The third-order valence-electron chi connectivity index (χ3n) is 3.84. The van der Waals surface area contributed by atoms with Crippen molar-refractivity contribution in [2.45, 2.75) is 20.1 Å². The molecule has 6 nitrogen and oxygen atoms in total. The molecule has 3 aromatic rings. The van der Waals surface area contributed by atoms with Crippen molar-refractivity contribution in [3.05, 3.63) is 68.8 Å². The zero-order valence-electron chi connectivity index (χ0n) is 14.3. The molecule has 0 radical (unpaired) electrons. The van der Waals surface area contributed by atoms with Crippen LogP contribution in [0.2, 0.25) is 5.02 Å². The SMILES string of the molecule is Cc1cccc(Cl)c1OCc1ccc(C(=O)NCc2c(Br)cnn2C)o1. The minimum absolute atomic E-state index is 0.186. The minimum Gasteiger partial charge on any atom is -0.484 e. The predicted octanol–water partition coefficient (Wildman–Crippen LogP) is 4.25. The molecule has 136 valence electrons. The number of carbonyl (C=O) groups excluding carboxylic acids is 1. The smallest absolute Gasteiger partial charge is 0.287 e. The number of para-hydroxylation sites is 1. The van der Waals surface area contributed by atoms with Gasteiger partial charge in [0, 0.05) is 7.05 Å². The Labute approximate surface area is 164 Å². The van der Waals surface area contributed by atoms with Gasteiger partial charge in [-0.2, -0.15) is 5.10 Å². The van der Waals surface area contributed by atoms with E-state index in [1.54, 1.807) is 29.1 Å². The summed E-state index contributed by atoms with van der Waals surface area (Å²) in [5.41, 5.74) is 1.80. The lowest BCUT2D eigenvalue weighted by Crippen LogP contribution is -2.23. The lowest BCUT2D eigenvalue weighted by atomic mass is 10.2. The molecule has 1 N–H and O–H groups in total. The second-order valence-corrected chi connectivity index (χ2v) is 6.95. The van der Waals surface area contributed by atoms with Crippen molar-refractivity contribution >= 4 is 33.4 Å². The molecule has 0 aliphatic carbocycles. The molecule has 0 spiro atoms. The van der Waals surface area contributed by atoms with E-state index in [0.29, 0.717) is 23.1 Å². The number of hydrogen-bond acceptors (Lipinski definition) is 4. The first kappa shape index (κ1) is 18.5. The maximum absolute atomic E-state index is 12.2. The van der Waals surface area contributed by atoms with Gasteiger partial charge in [-0.15, -0.1) is 0 Å².